The molecule has 0 saturated carbocycles. The highest BCUT2D eigenvalue weighted by Crippen LogP contribution is 2.27. The first-order valence-electron chi connectivity index (χ1n) is 6.94. The molecule has 0 spiro atoms. The number of carbonyl (C=O) groups excluding carboxylic acids is 1. The zero-order valence-corrected chi connectivity index (χ0v) is 13.8. The first-order valence-corrected chi connectivity index (χ1v) is 7.70. The number of nitrogens with zero attached hydrogens (tertiary/aromatic N) is 3. The third-order valence-corrected chi connectivity index (χ3v) is 3.57. The molecule has 3 aromatic rings. The van der Waals surface area contributed by atoms with E-state index in [2.05, 4.69) is 15.4 Å². The molecule has 0 aliphatic rings. The van der Waals surface area contributed by atoms with Gasteiger partial charge in [-0.1, -0.05) is 23.2 Å². The van der Waals surface area contributed by atoms with E-state index in [4.69, 9.17) is 27.9 Å². The number of anilines is 1. The second kappa shape index (κ2) is 7.33. The van der Waals surface area contributed by atoms with E-state index in [9.17, 15) is 4.79 Å². The van der Waals surface area contributed by atoms with Crippen molar-refractivity contribution < 1.29 is 9.53 Å². The van der Waals surface area contributed by atoms with Gasteiger partial charge < -0.3 is 10.1 Å². The fourth-order valence-electron chi connectivity index (χ4n) is 1.91. The van der Waals surface area contributed by atoms with Crippen LogP contribution in [0, 0.1) is 0 Å². The molecule has 1 N–H and O–H groups in total. The van der Waals surface area contributed by atoms with Gasteiger partial charge in [-0.05, 0) is 36.4 Å². The first kappa shape index (κ1) is 16.3. The Balaban J connectivity index is 1.62. The molecule has 0 atom stereocenters. The van der Waals surface area contributed by atoms with Crippen LogP contribution >= 0.6 is 23.2 Å². The lowest BCUT2D eigenvalue weighted by Gasteiger charge is -2.08. The molecule has 8 heteroatoms. The molecule has 2 aromatic heterocycles. The number of hydrogen-bond donors (Lipinski definition) is 1. The Kier molecular flexibility index (Phi) is 4.98. The van der Waals surface area contributed by atoms with Crippen LogP contribution < -0.4 is 10.1 Å². The van der Waals surface area contributed by atoms with Crippen molar-refractivity contribution in [3.63, 3.8) is 0 Å². The van der Waals surface area contributed by atoms with E-state index in [1.165, 1.54) is 4.68 Å². The lowest BCUT2D eigenvalue weighted by atomic mass is 10.3. The first-order chi connectivity index (χ1) is 11.6. The summed E-state index contributed by atoms with van der Waals surface area (Å²) in [6, 6.07) is 10.0. The van der Waals surface area contributed by atoms with E-state index in [1.807, 2.05) is 0 Å². The summed E-state index contributed by atoms with van der Waals surface area (Å²) < 4.78 is 7.05. The number of hydrogen-bond acceptors (Lipinski definition) is 4. The molecule has 0 radical (unpaired) electrons. The third-order valence-electron chi connectivity index (χ3n) is 3.04. The van der Waals surface area contributed by atoms with Crippen LogP contribution in [0.1, 0.15) is 10.5 Å². The Morgan fingerprint density at radius 2 is 2.12 bits per heavy atom. The molecule has 0 saturated heterocycles. The Hall–Kier alpha value is -2.57. The number of aromatic nitrogens is 3. The van der Waals surface area contributed by atoms with Crippen LogP contribution in [0.15, 0.2) is 55.0 Å². The molecule has 0 aliphatic carbocycles. The van der Waals surface area contributed by atoms with E-state index in [-0.39, 0.29) is 18.3 Å². The molecule has 1 aromatic carbocycles. The van der Waals surface area contributed by atoms with Crippen LogP contribution in [-0.4, -0.2) is 20.7 Å². The number of rotatable bonds is 5. The second-order valence-electron chi connectivity index (χ2n) is 4.78. The standard InChI is InChI=1S/C16H12Cl2N4O2/c17-11-3-4-15(13(18)8-11)24-10-22-7-5-14(21-22)16(23)20-12-2-1-6-19-9-12/h1-9H,10H2,(H,20,23). The van der Waals surface area contributed by atoms with E-state index in [0.717, 1.165) is 0 Å². The van der Waals surface area contributed by atoms with Crippen molar-refractivity contribution >= 4 is 34.8 Å². The van der Waals surface area contributed by atoms with E-state index in [0.29, 0.717) is 21.5 Å². The molecule has 2 heterocycles. The maximum Gasteiger partial charge on any atom is 0.276 e. The molecule has 3 rings (SSSR count). The van der Waals surface area contributed by atoms with E-state index in [1.54, 1.807) is 55.0 Å². The lowest BCUT2D eigenvalue weighted by molar-refractivity contribution is 0.102. The average molecular weight is 363 g/mol. The second-order valence-corrected chi connectivity index (χ2v) is 5.63. The van der Waals surface area contributed by atoms with Gasteiger partial charge in [-0.2, -0.15) is 5.10 Å². The Bertz CT molecular complexity index is 852. The third kappa shape index (κ3) is 4.04. The summed E-state index contributed by atoms with van der Waals surface area (Å²) in [5.74, 6) is 0.157. The lowest BCUT2D eigenvalue weighted by Crippen LogP contribution is -2.14. The van der Waals surface area contributed by atoms with Crippen LogP contribution in [0.25, 0.3) is 0 Å². The van der Waals surface area contributed by atoms with Crippen molar-refractivity contribution in [2.45, 2.75) is 6.73 Å². The molecule has 122 valence electrons. The minimum atomic E-state index is -0.328. The predicted octanol–water partition coefficient (Wildman–Crippen LogP) is 3.87. The van der Waals surface area contributed by atoms with Gasteiger partial charge in [0.25, 0.3) is 5.91 Å². The van der Waals surface area contributed by atoms with Crippen molar-refractivity contribution in [1.82, 2.24) is 14.8 Å². The molecular weight excluding hydrogens is 351 g/mol. The normalized spacial score (nSPS) is 10.4. The van der Waals surface area contributed by atoms with Gasteiger partial charge in [-0.15, -0.1) is 0 Å². The van der Waals surface area contributed by atoms with Gasteiger partial charge >= 0.3 is 0 Å². The molecule has 0 unspecified atom stereocenters. The monoisotopic (exact) mass is 362 g/mol. The summed E-state index contributed by atoms with van der Waals surface area (Å²) in [6.07, 6.45) is 4.83. The van der Waals surface area contributed by atoms with Crippen LogP contribution in [-0.2, 0) is 6.73 Å². The Morgan fingerprint density at radius 3 is 2.88 bits per heavy atom. The summed E-state index contributed by atoms with van der Waals surface area (Å²) in [5, 5.41) is 7.80. The van der Waals surface area contributed by atoms with E-state index < -0.39 is 0 Å². The van der Waals surface area contributed by atoms with Gasteiger partial charge in [-0.3, -0.25) is 9.78 Å². The smallest absolute Gasteiger partial charge is 0.276 e. The number of ether oxygens (including phenoxy) is 1. The maximum atomic E-state index is 12.1. The zero-order valence-electron chi connectivity index (χ0n) is 12.3. The zero-order chi connectivity index (χ0) is 16.9. The van der Waals surface area contributed by atoms with Gasteiger partial charge in [0.15, 0.2) is 12.4 Å². The molecule has 6 nitrogen and oxygen atoms in total. The van der Waals surface area contributed by atoms with Gasteiger partial charge in [0.05, 0.1) is 16.9 Å². The van der Waals surface area contributed by atoms with Crippen molar-refractivity contribution in [2.24, 2.45) is 0 Å². The summed E-state index contributed by atoms with van der Waals surface area (Å²) in [6.45, 7) is 0.113. The van der Waals surface area contributed by atoms with Crippen LogP contribution in [0.4, 0.5) is 5.69 Å². The largest absolute Gasteiger partial charge is 0.470 e. The Labute approximate surface area is 148 Å². The van der Waals surface area contributed by atoms with Gasteiger partial charge in [0.2, 0.25) is 0 Å². The van der Waals surface area contributed by atoms with Crippen molar-refractivity contribution in [1.29, 1.82) is 0 Å². The molecule has 0 aliphatic heterocycles. The highest BCUT2D eigenvalue weighted by atomic mass is 35.5. The summed E-state index contributed by atoms with van der Waals surface area (Å²) in [4.78, 5) is 16.0. The van der Waals surface area contributed by atoms with Crippen molar-refractivity contribution in [3.8, 4) is 5.75 Å². The summed E-state index contributed by atoms with van der Waals surface area (Å²) in [7, 11) is 0. The maximum absolute atomic E-state index is 12.1. The molecule has 24 heavy (non-hydrogen) atoms. The summed E-state index contributed by atoms with van der Waals surface area (Å²) in [5.41, 5.74) is 0.867. The van der Waals surface area contributed by atoms with Gasteiger partial charge in [0, 0.05) is 17.4 Å². The minimum absolute atomic E-state index is 0.113. The van der Waals surface area contributed by atoms with Crippen LogP contribution in [0.3, 0.4) is 0 Å². The van der Waals surface area contributed by atoms with Gasteiger partial charge in [0.1, 0.15) is 5.75 Å². The molecular formula is C16H12Cl2N4O2. The van der Waals surface area contributed by atoms with Crippen LogP contribution in [0.5, 0.6) is 5.75 Å². The fourth-order valence-corrected chi connectivity index (χ4v) is 2.38. The molecule has 1 amide bonds. The minimum Gasteiger partial charge on any atom is -0.470 e. The number of nitrogens with one attached hydrogen (secondary N) is 1. The fraction of sp³-hybridized carbons (Fsp3) is 0.0625. The SMILES string of the molecule is O=C(Nc1cccnc1)c1ccn(COc2ccc(Cl)cc2Cl)n1. The van der Waals surface area contributed by atoms with E-state index >= 15 is 0 Å². The van der Waals surface area contributed by atoms with Crippen molar-refractivity contribution in [3.05, 3.63) is 70.7 Å². The predicted molar refractivity (Wildman–Crippen MR) is 91.5 cm³/mol. The highest BCUT2D eigenvalue weighted by Gasteiger charge is 2.10. The number of carbonyl (C=O) groups is 1. The number of amides is 1. The molecule has 0 fully saturated rings. The number of benzene rings is 1. The number of pyridine rings is 1. The molecule has 0 bridgehead atoms. The highest BCUT2D eigenvalue weighted by molar-refractivity contribution is 6.35. The number of halogens is 2. The average Bonchev–Trinajstić information content (AvgIpc) is 3.04. The Morgan fingerprint density at radius 1 is 1.25 bits per heavy atom. The quantitative estimate of drug-likeness (QED) is 0.747. The van der Waals surface area contributed by atoms with Crippen molar-refractivity contribution in [2.75, 3.05) is 5.32 Å². The van der Waals surface area contributed by atoms with Gasteiger partial charge in [-0.25, -0.2) is 4.68 Å². The topological polar surface area (TPSA) is 69.0 Å². The summed E-state index contributed by atoms with van der Waals surface area (Å²) >= 11 is 11.9. The van der Waals surface area contributed by atoms with Crippen LogP contribution in [0.2, 0.25) is 10.0 Å².